The van der Waals surface area contributed by atoms with Crippen LogP contribution >= 0.6 is 11.8 Å². The quantitative estimate of drug-likeness (QED) is 0.130. The number of carbonyl (C=O) groups excluding carboxylic acids is 3. The first-order valence-electron chi connectivity index (χ1n) is 10.8. The third kappa shape index (κ3) is 6.61. The minimum absolute atomic E-state index is 0.0690. The van der Waals surface area contributed by atoms with E-state index in [9.17, 15) is 34.6 Å². The molecule has 0 aromatic heterocycles. The molecule has 0 atom stereocenters. The number of ether oxygens (including phenoxy) is 3. The molecule has 0 bridgehead atoms. The number of nitrogens with zero attached hydrogens (tertiary/aromatic N) is 3. The molecule has 1 fully saturated rings. The van der Waals surface area contributed by atoms with Crippen LogP contribution in [0, 0.1) is 20.2 Å². The van der Waals surface area contributed by atoms with E-state index in [0.717, 1.165) is 29.5 Å². The maximum Gasteiger partial charge on any atom is 0.326 e. The summed E-state index contributed by atoms with van der Waals surface area (Å²) >= 11 is 0.665. The van der Waals surface area contributed by atoms with E-state index in [1.165, 1.54) is 31.4 Å². The Bertz CT molecular complexity index is 1290. The van der Waals surface area contributed by atoms with Crippen LogP contribution in [-0.2, 0) is 14.3 Å². The fraction of sp³-hybridized carbons (Fsp3) is 0.261. The molecular formula is C23H21N3O10S. The van der Waals surface area contributed by atoms with Crippen molar-refractivity contribution in [1.29, 1.82) is 0 Å². The van der Waals surface area contributed by atoms with Gasteiger partial charge in [-0.2, -0.15) is 0 Å². The van der Waals surface area contributed by atoms with Crippen LogP contribution in [0.2, 0.25) is 0 Å². The summed E-state index contributed by atoms with van der Waals surface area (Å²) in [6, 6.07) is 7.37. The van der Waals surface area contributed by atoms with Gasteiger partial charge in [0.1, 0.15) is 6.54 Å². The van der Waals surface area contributed by atoms with Gasteiger partial charge in [0.2, 0.25) is 5.75 Å². The predicted molar refractivity (Wildman–Crippen MR) is 131 cm³/mol. The number of amides is 2. The van der Waals surface area contributed by atoms with E-state index < -0.39 is 44.9 Å². The number of non-ortho nitro benzene ring substituents is 1. The number of rotatable bonds is 11. The highest BCUT2D eigenvalue weighted by Crippen LogP contribution is 2.39. The molecule has 1 heterocycles. The van der Waals surface area contributed by atoms with Crippen molar-refractivity contribution in [2.45, 2.75) is 19.8 Å². The topological polar surface area (TPSA) is 168 Å². The van der Waals surface area contributed by atoms with E-state index in [4.69, 9.17) is 14.2 Å². The summed E-state index contributed by atoms with van der Waals surface area (Å²) in [6.45, 7) is 1.65. The molecule has 2 aromatic carbocycles. The normalized spacial score (nSPS) is 14.1. The number of hydrogen-bond acceptors (Lipinski definition) is 11. The molecule has 1 aliphatic heterocycles. The van der Waals surface area contributed by atoms with Crippen LogP contribution in [0.25, 0.3) is 6.08 Å². The summed E-state index contributed by atoms with van der Waals surface area (Å²) in [5.41, 5.74) is -0.634. The summed E-state index contributed by atoms with van der Waals surface area (Å²) in [5, 5.41) is 21.7. The van der Waals surface area contributed by atoms with Crippen LogP contribution in [0.1, 0.15) is 25.3 Å². The Morgan fingerprint density at radius 1 is 1.05 bits per heavy atom. The lowest BCUT2D eigenvalue weighted by atomic mass is 10.1. The first-order chi connectivity index (χ1) is 17.6. The van der Waals surface area contributed by atoms with Crippen molar-refractivity contribution in [3.63, 3.8) is 0 Å². The lowest BCUT2D eigenvalue weighted by Gasteiger charge is -2.12. The minimum Gasteiger partial charge on any atom is -0.493 e. The number of hydrogen-bond donors (Lipinski definition) is 0. The molecule has 194 valence electrons. The zero-order valence-electron chi connectivity index (χ0n) is 19.7. The van der Waals surface area contributed by atoms with Gasteiger partial charge in [-0.3, -0.25) is 39.5 Å². The summed E-state index contributed by atoms with van der Waals surface area (Å²) in [5.74, 6) is -1.36. The summed E-state index contributed by atoms with van der Waals surface area (Å²) in [6.07, 6.45) is 2.93. The van der Waals surface area contributed by atoms with Crippen molar-refractivity contribution in [2.75, 3.05) is 20.3 Å². The Morgan fingerprint density at radius 2 is 1.78 bits per heavy atom. The number of thioether (sulfide) groups is 1. The van der Waals surface area contributed by atoms with E-state index in [0.29, 0.717) is 23.7 Å². The molecule has 0 radical (unpaired) electrons. The molecule has 2 aromatic rings. The van der Waals surface area contributed by atoms with Crippen LogP contribution < -0.4 is 9.47 Å². The fourth-order valence-corrected chi connectivity index (χ4v) is 3.96. The highest BCUT2D eigenvalue weighted by Gasteiger charge is 2.36. The Morgan fingerprint density at radius 3 is 2.43 bits per heavy atom. The molecule has 0 N–H and O–H groups in total. The minimum atomic E-state index is -0.807. The monoisotopic (exact) mass is 531 g/mol. The first kappa shape index (κ1) is 27.1. The van der Waals surface area contributed by atoms with Gasteiger partial charge in [-0.25, -0.2) is 0 Å². The molecule has 37 heavy (non-hydrogen) atoms. The van der Waals surface area contributed by atoms with Gasteiger partial charge in [-0.1, -0.05) is 19.4 Å². The van der Waals surface area contributed by atoms with Crippen molar-refractivity contribution in [1.82, 2.24) is 4.90 Å². The third-order valence-electron chi connectivity index (χ3n) is 4.98. The second-order valence-corrected chi connectivity index (χ2v) is 8.51. The van der Waals surface area contributed by atoms with Crippen LogP contribution in [0.5, 0.6) is 17.2 Å². The number of esters is 1. The Kier molecular flexibility index (Phi) is 8.79. The number of nitro benzene ring substituents is 2. The van der Waals surface area contributed by atoms with Crippen LogP contribution in [-0.4, -0.2) is 52.1 Å². The van der Waals surface area contributed by atoms with Crippen molar-refractivity contribution >= 4 is 46.3 Å². The van der Waals surface area contributed by atoms with E-state index in [1.807, 2.05) is 6.92 Å². The number of imide groups is 1. The molecule has 0 spiro atoms. The molecule has 1 aliphatic rings. The molecule has 13 nitrogen and oxygen atoms in total. The first-order valence-corrected chi connectivity index (χ1v) is 11.7. The van der Waals surface area contributed by atoms with Crippen LogP contribution in [0.3, 0.4) is 0 Å². The summed E-state index contributed by atoms with van der Waals surface area (Å²) in [4.78, 5) is 58.5. The average molecular weight is 531 g/mol. The van der Waals surface area contributed by atoms with Gasteiger partial charge in [0, 0.05) is 6.07 Å². The number of nitro groups is 2. The molecule has 1 saturated heterocycles. The fourth-order valence-electron chi connectivity index (χ4n) is 3.12. The summed E-state index contributed by atoms with van der Waals surface area (Å²) < 4.78 is 15.9. The van der Waals surface area contributed by atoms with Gasteiger partial charge in [0.15, 0.2) is 11.5 Å². The maximum absolute atomic E-state index is 12.7. The third-order valence-corrected chi connectivity index (χ3v) is 5.88. The zero-order chi connectivity index (χ0) is 27.1. The van der Waals surface area contributed by atoms with E-state index >= 15 is 0 Å². The summed E-state index contributed by atoms with van der Waals surface area (Å²) in [7, 11) is 1.33. The maximum atomic E-state index is 12.7. The van der Waals surface area contributed by atoms with E-state index in [2.05, 4.69) is 0 Å². The Balaban J connectivity index is 1.80. The van der Waals surface area contributed by atoms with Crippen molar-refractivity contribution in [3.05, 3.63) is 67.1 Å². The van der Waals surface area contributed by atoms with Crippen molar-refractivity contribution < 1.29 is 38.4 Å². The number of carbonyl (C=O) groups is 3. The Hall–Kier alpha value is -4.46. The Labute approximate surface area is 214 Å². The molecule has 2 amide bonds. The van der Waals surface area contributed by atoms with E-state index in [-0.39, 0.29) is 28.8 Å². The SMILES string of the molecule is CCCCOC(=O)CN1C(=O)S/C(=C/c2ccc(Oc3ccc([N+](=O)[O-])cc3[N+](=O)[O-])c(OC)c2)C1=O. The molecule has 0 unspecified atom stereocenters. The second-order valence-electron chi connectivity index (χ2n) is 7.52. The van der Waals surface area contributed by atoms with Gasteiger partial charge in [-0.15, -0.1) is 0 Å². The van der Waals surface area contributed by atoms with Gasteiger partial charge in [-0.05, 0) is 48.0 Å². The lowest BCUT2D eigenvalue weighted by Crippen LogP contribution is -2.34. The lowest BCUT2D eigenvalue weighted by molar-refractivity contribution is -0.394. The highest BCUT2D eigenvalue weighted by atomic mass is 32.2. The smallest absolute Gasteiger partial charge is 0.326 e. The van der Waals surface area contributed by atoms with Gasteiger partial charge in [0.25, 0.3) is 16.8 Å². The second kappa shape index (κ2) is 12.0. The molecule has 0 saturated carbocycles. The standard InChI is InChI=1S/C23H21N3O10S/c1-3-4-9-35-21(27)13-24-22(28)20(37-23(24)29)11-14-5-7-18(19(10-14)34-2)36-17-8-6-15(25(30)31)12-16(17)26(32)33/h5-8,10-12H,3-4,9,13H2,1-2H3/b20-11+. The van der Waals surface area contributed by atoms with Gasteiger partial charge in [0.05, 0.1) is 34.5 Å². The highest BCUT2D eigenvalue weighted by molar-refractivity contribution is 8.18. The van der Waals surface area contributed by atoms with Gasteiger partial charge < -0.3 is 14.2 Å². The van der Waals surface area contributed by atoms with E-state index in [1.54, 1.807) is 0 Å². The molecule has 0 aliphatic carbocycles. The molecular weight excluding hydrogens is 510 g/mol. The van der Waals surface area contributed by atoms with Gasteiger partial charge >= 0.3 is 11.7 Å². The number of methoxy groups -OCH3 is 1. The zero-order valence-corrected chi connectivity index (χ0v) is 20.5. The van der Waals surface area contributed by atoms with Crippen molar-refractivity contribution in [3.8, 4) is 17.2 Å². The average Bonchev–Trinajstić information content (AvgIpc) is 3.12. The molecule has 3 rings (SSSR count). The predicted octanol–water partition coefficient (Wildman–Crippen LogP) is 4.68. The van der Waals surface area contributed by atoms with Crippen molar-refractivity contribution in [2.24, 2.45) is 0 Å². The number of unbranched alkanes of at least 4 members (excludes halogenated alkanes) is 1. The van der Waals surface area contributed by atoms with Crippen LogP contribution in [0.4, 0.5) is 16.2 Å². The van der Waals surface area contributed by atoms with Crippen LogP contribution in [0.15, 0.2) is 41.3 Å². The molecule has 14 heteroatoms. The number of benzene rings is 2. The largest absolute Gasteiger partial charge is 0.493 e.